The van der Waals surface area contributed by atoms with Gasteiger partial charge >= 0.3 is 0 Å². The van der Waals surface area contributed by atoms with Crippen LogP contribution in [0.25, 0.3) is 16.6 Å². The van der Waals surface area contributed by atoms with Crippen molar-refractivity contribution in [2.24, 2.45) is 12.5 Å². The van der Waals surface area contributed by atoms with Crippen molar-refractivity contribution in [3.8, 4) is 0 Å². The fraction of sp³-hybridized carbons (Fsp3) is 0.435. The number of benzene rings is 1. The van der Waals surface area contributed by atoms with Crippen molar-refractivity contribution in [3.05, 3.63) is 59.6 Å². The molecular formula is C23H26N4. The predicted octanol–water partition coefficient (Wildman–Crippen LogP) is 4.37. The summed E-state index contributed by atoms with van der Waals surface area (Å²) in [5.41, 5.74) is 7.08. The third kappa shape index (κ3) is 1.94. The summed E-state index contributed by atoms with van der Waals surface area (Å²) in [6, 6.07) is 11.7. The van der Waals surface area contributed by atoms with Gasteiger partial charge in [-0.2, -0.15) is 5.10 Å². The number of piperidine rings is 1. The van der Waals surface area contributed by atoms with E-state index in [1.54, 1.807) is 11.3 Å². The van der Waals surface area contributed by atoms with Gasteiger partial charge in [0.25, 0.3) is 0 Å². The number of rotatable bonds is 2. The number of nitrogens with zero attached hydrogens (tertiary/aromatic N) is 4. The highest BCUT2D eigenvalue weighted by Crippen LogP contribution is 2.57. The molecule has 138 valence electrons. The monoisotopic (exact) mass is 358 g/mol. The molecule has 0 N–H and O–H groups in total. The van der Waals surface area contributed by atoms with Gasteiger partial charge in [-0.15, -0.1) is 0 Å². The Morgan fingerprint density at radius 2 is 2.07 bits per heavy atom. The van der Waals surface area contributed by atoms with E-state index in [2.05, 4.69) is 59.0 Å². The maximum absolute atomic E-state index is 4.80. The minimum absolute atomic E-state index is 0.227. The Bertz CT molecular complexity index is 1090. The Labute approximate surface area is 160 Å². The van der Waals surface area contributed by atoms with Crippen LogP contribution in [-0.4, -0.2) is 32.3 Å². The van der Waals surface area contributed by atoms with E-state index in [1.165, 1.54) is 49.0 Å². The van der Waals surface area contributed by atoms with E-state index in [9.17, 15) is 0 Å². The summed E-state index contributed by atoms with van der Waals surface area (Å²) in [6.45, 7) is 4.81. The van der Waals surface area contributed by atoms with Gasteiger partial charge in [-0.3, -0.25) is 9.58 Å². The van der Waals surface area contributed by atoms with Gasteiger partial charge in [-0.1, -0.05) is 25.1 Å². The number of hydrogen-bond acceptors (Lipinski definition) is 2. The fourth-order valence-corrected chi connectivity index (χ4v) is 6.02. The maximum Gasteiger partial charge on any atom is 0.109 e. The lowest BCUT2D eigenvalue weighted by molar-refractivity contribution is 0.0271. The van der Waals surface area contributed by atoms with Gasteiger partial charge in [0.1, 0.15) is 5.69 Å². The lowest BCUT2D eigenvalue weighted by atomic mass is 9.66. The van der Waals surface area contributed by atoms with E-state index in [0.29, 0.717) is 6.04 Å². The second-order valence-corrected chi connectivity index (χ2v) is 8.50. The Morgan fingerprint density at radius 3 is 2.89 bits per heavy atom. The highest BCUT2D eigenvalue weighted by atomic mass is 15.3. The third-order valence-corrected chi connectivity index (χ3v) is 7.22. The summed E-state index contributed by atoms with van der Waals surface area (Å²) in [5.74, 6) is 0. The normalized spacial score (nSPS) is 26.9. The standard InChI is InChI=1S/C23H26N4/c1-3-23-11-6-12-26-14-9-17-16-7-4-5-8-19(16)27(21(17)22(23)26)20(15-23)18-10-13-25(2)24-18/h4-5,7-8,10,13,15,22H,3,6,9,11-12,14H2,1-2H3/t22-,23+/m1/s1. The molecule has 6 rings (SSSR count). The Balaban J connectivity index is 1.73. The van der Waals surface area contributed by atoms with Crippen molar-refractivity contribution in [2.45, 2.75) is 38.6 Å². The van der Waals surface area contributed by atoms with Crippen LogP contribution >= 0.6 is 0 Å². The second-order valence-electron chi connectivity index (χ2n) is 8.50. The van der Waals surface area contributed by atoms with Crippen molar-refractivity contribution in [3.63, 3.8) is 0 Å². The van der Waals surface area contributed by atoms with Crippen LogP contribution in [0.2, 0.25) is 0 Å². The van der Waals surface area contributed by atoms with Crippen LogP contribution in [-0.2, 0) is 13.5 Å². The van der Waals surface area contributed by atoms with Crippen LogP contribution in [0.1, 0.15) is 49.2 Å². The maximum atomic E-state index is 4.80. The molecule has 0 spiro atoms. The molecule has 1 aromatic carbocycles. The first-order valence-electron chi connectivity index (χ1n) is 10.3. The molecule has 0 radical (unpaired) electrons. The van der Waals surface area contributed by atoms with E-state index in [-0.39, 0.29) is 5.41 Å². The van der Waals surface area contributed by atoms with Crippen LogP contribution in [0.15, 0.2) is 42.6 Å². The van der Waals surface area contributed by atoms with Gasteiger partial charge in [0.2, 0.25) is 0 Å². The lowest BCUT2D eigenvalue weighted by Gasteiger charge is -2.53. The molecule has 1 saturated heterocycles. The Morgan fingerprint density at radius 1 is 1.19 bits per heavy atom. The second kappa shape index (κ2) is 5.35. The van der Waals surface area contributed by atoms with Gasteiger partial charge in [0.15, 0.2) is 0 Å². The summed E-state index contributed by atoms with van der Waals surface area (Å²) in [6.07, 6.45) is 9.57. The zero-order chi connectivity index (χ0) is 18.2. The number of fused-ring (bicyclic) bond motifs is 3. The summed E-state index contributed by atoms with van der Waals surface area (Å²) >= 11 is 0. The molecule has 27 heavy (non-hydrogen) atoms. The molecule has 0 bridgehead atoms. The highest BCUT2D eigenvalue weighted by Gasteiger charge is 2.50. The van der Waals surface area contributed by atoms with Gasteiger partial charge in [-0.25, -0.2) is 0 Å². The zero-order valence-corrected chi connectivity index (χ0v) is 16.2. The summed E-state index contributed by atoms with van der Waals surface area (Å²) in [5, 5.41) is 6.24. The molecule has 0 aliphatic carbocycles. The first kappa shape index (κ1) is 15.7. The minimum atomic E-state index is 0.227. The average molecular weight is 358 g/mol. The molecule has 0 amide bonds. The van der Waals surface area contributed by atoms with E-state index in [0.717, 1.165) is 12.1 Å². The molecule has 1 fully saturated rings. The van der Waals surface area contributed by atoms with E-state index < -0.39 is 0 Å². The third-order valence-electron chi connectivity index (χ3n) is 7.22. The van der Waals surface area contributed by atoms with Gasteiger partial charge < -0.3 is 4.57 Å². The molecule has 4 nitrogen and oxygen atoms in total. The van der Waals surface area contributed by atoms with E-state index >= 15 is 0 Å². The zero-order valence-electron chi connectivity index (χ0n) is 16.2. The largest absolute Gasteiger partial charge is 0.310 e. The van der Waals surface area contributed by atoms with Gasteiger partial charge in [-0.05, 0) is 56.0 Å². The van der Waals surface area contributed by atoms with Crippen LogP contribution in [0.4, 0.5) is 0 Å². The summed E-state index contributed by atoms with van der Waals surface area (Å²) in [7, 11) is 2.01. The summed E-state index contributed by atoms with van der Waals surface area (Å²) < 4.78 is 4.47. The van der Waals surface area contributed by atoms with Crippen molar-refractivity contribution < 1.29 is 0 Å². The molecule has 2 atom stereocenters. The first-order valence-corrected chi connectivity index (χ1v) is 10.3. The van der Waals surface area contributed by atoms with Crippen LogP contribution < -0.4 is 0 Å². The number of aromatic nitrogens is 3. The first-order chi connectivity index (χ1) is 13.2. The van der Waals surface area contributed by atoms with Crippen molar-refractivity contribution >= 4 is 16.6 Å². The topological polar surface area (TPSA) is 26.0 Å². The molecule has 2 aromatic heterocycles. The van der Waals surface area contributed by atoms with Gasteiger partial charge in [0.05, 0.1) is 17.3 Å². The fourth-order valence-electron chi connectivity index (χ4n) is 6.02. The molecule has 5 heterocycles. The number of hydrogen-bond donors (Lipinski definition) is 0. The van der Waals surface area contributed by atoms with Crippen molar-refractivity contribution in [1.82, 2.24) is 19.2 Å². The van der Waals surface area contributed by atoms with Crippen molar-refractivity contribution in [2.75, 3.05) is 13.1 Å². The molecule has 3 aliphatic heterocycles. The molecule has 0 unspecified atom stereocenters. The molecule has 0 saturated carbocycles. The van der Waals surface area contributed by atoms with E-state index in [4.69, 9.17) is 5.10 Å². The smallest absolute Gasteiger partial charge is 0.109 e. The van der Waals surface area contributed by atoms with Crippen LogP contribution in [0.3, 0.4) is 0 Å². The quantitative estimate of drug-likeness (QED) is 0.680. The number of aryl methyl sites for hydroxylation is 1. The van der Waals surface area contributed by atoms with Crippen molar-refractivity contribution in [1.29, 1.82) is 0 Å². The van der Waals surface area contributed by atoms with Crippen LogP contribution in [0, 0.1) is 5.41 Å². The molecule has 3 aromatic rings. The van der Waals surface area contributed by atoms with E-state index in [1.807, 2.05) is 11.7 Å². The average Bonchev–Trinajstić information content (AvgIpc) is 3.28. The molecule has 3 aliphatic rings. The minimum Gasteiger partial charge on any atom is -0.310 e. The van der Waals surface area contributed by atoms with Gasteiger partial charge in [0, 0.05) is 36.3 Å². The highest BCUT2D eigenvalue weighted by molar-refractivity contribution is 5.91. The Kier molecular flexibility index (Phi) is 3.11. The number of para-hydroxylation sites is 1. The predicted molar refractivity (Wildman–Crippen MR) is 108 cm³/mol. The molecule has 4 heteroatoms. The Hall–Kier alpha value is -2.33. The summed E-state index contributed by atoms with van der Waals surface area (Å²) in [4.78, 5) is 2.76. The van der Waals surface area contributed by atoms with Crippen LogP contribution in [0.5, 0.6) is 0 Å². The molecular weight excluding hydrogens is 332 g/mol. The SMILES string of the molecule is CC[C@@]12C=C(c3ccn(C)n3)n3c4c(c5ccccc53)CCN(CCC1)[C@H]42. The lowest BCUT2D eigenvalue weighted by Crippen LogP contribution is -2.50.